The van der Waals surface area contributed by atoms with Crippen LogP contribution in [0.5, 0.6) is 5.75 Å². The summed E-state index contributed by atoms with van der Waals surface area (Å²) in [5.74, 6) is 0.956. The van der Waals surface area contributed by atoms with Crippen molar-refractivity contribution in [3.05, 3.63) is 101 Å². The van der Waals surface area contributed by atoms with E-state index in [2.05, 4.69) is 15.6 Å². The number of allylic oxidation sites excluding steroid dienone is 1. The zero-order valence-electron chi connectivity index (χ0n) is 18.3. The van der Waals surface area contributed by atoms with Crippen molar-refractivity contribution in [2.75, 3.05) is 10.6 Å². The number of aryl methyl sites for hydroxylation is 1. The highest BCUT2D eigenvalue weighted by molar-refractivity contribution is 6.06. The molecule has 0 aliphatic carbocycles. The van der Waals surface area contributed by atoms with Gasteiger partial charge < -0.3 is 15.7 Å². The summed E-state index contributed by atoms with van der Waals surface area (Å²) < 4.78 is 1.71. The van der Waals surface area contributed by atoms with Gasteiger partial charge in [-0.25, -0.2) is 4.68 Å². The van der Waals surface area contributed by atoms with Crippen LogP contribution in [0.3, 0.4) is 0 Å². The molecule has 0 spiro atoms. The molecule has 3 aromatic carbocycles. The summed E-state index contributed by atoms with van der Waals surface area (Å²) in [4.78, 5) is 18.1. The summed E-state index contributed by atoms with van der Waals surface area (Å²) in [7, 11) is 0. The van der Waals surface area contributed by atoms with Crippen LogP contribution >= 0.6 is 0 Å². The summed E-state index contributed by atoms with van der Waals surface area (Å²) in [6.45, 7) is 3.87. The van der Waals surface area contributed by atoms with Gasteiger partial charge in [-0.05, 0) is 43.7 Å². The lowest BCUT2D eigenvalue weighted by Gasteiger charge is -2.28. The van der Waals surface area contributed by atoms with Gasteiger partial charge in [0.2, 0.25) is 5.95 Å². The molecule has 33 heavy (non-hydrogen) atoms. The van der Waals surface area contributed by atoms with Crippen molar-refractivity contribution in [1.29, 1.82) is 0 Å². The second kappa shape index (κ2) is 8.27. The quantitative estimate of drug-likeness (QED) is 0.423. The van der Waals surface area contributed by atoms with Crippen molar-refractivity contribution in [3.8, 4) is 17.1 Å². The number of rotatable bonds is 4. The van der Waals surface area contributed by atoms with E-state index < -0.39 is 6.04 Å². The van der Waals surface area contributed by atoms with E-state index >= 15 is 0 Å². The molecule has 1 aliphatic heterocycles. The minimum Gasteiger partial charge on any atom is -0.508 e. The molecular formula is C26H23N5O2. The summed E-state index contributed by atoms with van der Waals surface area (Å²) in [5, 5.41) is 21.1. The molecule has 7 nitrogen and oxygen atoms in total. The minimum atomic E-state index is -0.566. The molecule has 164 valence electrons. The van der Waals surface area contributed by atoms with E-state index in [1.165, 1.54) is 0 Å². The molecule has 1 aliphatic rings. The topological polar surface area (TPSA) is 92.1 Å². The molecule has 1 aromatic heterocycles. The molecule has 1 amide bonds. The molecule has 5 rings (SSSR count). The number of nitrogens with zero attached hydrogens (tertiary/aromatic N) is 3. The van der Waals surface area contributed by atoms with Crippen LogP contribution in [0.4, 0.5) is 11.6 Å². The number of carbonyl (C=O) groups is 1. The number of amides is 1. The van der Waals surface area contributed by atoms with Gasteiger partial charge in [-0.15, -0.1) is 5.10 Å². The van der Waals surface area contributed by atoms with Gasteiger partial charge in [0, 0.05) is 16.9 Å². The maximum absolute atomic E-state index is 13.4. The number of para-hydroxylation sites is 1. The van der Waals surface area contributed by atoms with Crippen molar-refractivity contribution < 1.29 is 9.90 Å². The van der Waals surface area contributed by atoms with Crippen LogP contribution in [-0.4, -0.2) is 25.8 Å². The zero-order chi connectivity index (χ0) is 22.9. The number of anilines is 2. The monoisotopic (exact) mass is 437 g/mol. The molecule has 0 fully saturated rings. The van der Waals surface area contributed by atoms with E-state index in [9.17, 15) is 9.90 Å². The van der Waals surface area contributed by atoms with Gasteiger partial charge in [-0.2, -0.15) is 4.98 Å². The molecule has 4 aromatic rings. The Morgan fingerprint density at radius 3 is 2.48 bits per heavy atom. The van der Waals surface area contributed by atoms with Crippen molar-refractivity contribution in [3.63, 3.8) is 0 Å². The van der Waals surface area contributed by atoms with E-state index in [-0.39, 0.29) is 11.7 Å². The fraction of sp³-hybridized carbons (Fsp3) is 0.115. The molecule has 1 atom stereocenters. The second-order valence-electron chi connectivity index (χ2n) is 8.05. The van der Waals surface area contributed by atoms with Gasteiger partial charge in [0.25, 0.3) is 5.91 Å². The van der Waals surface area contributed by atoms with Gasteiger partial charge in [0.15, 0.2) is 5.82 Å². The zero-order valence-corrected chi connectivity index (χ0v) is 18.3. The van der Waals surface area contributed by atoms with Crippen LogP contribution in [0.2, 0.25) is 0 Å². The van der Waals surface area contributed by atoms with Gasteiger partial charge in [-0.1, -0.05) is 60.2 Å². The smallest absolute Gasteiger partial charge is 0.255 e. The normalized spacial score (nSPS) is 15.0. The van der Waals surface area contributed by atoms with Crippen LogP contribution < -0.4 is 10.6 Å². The van der Waals surface area contributed by atoms with Gasteiger partial charge in [-0.3, -0.25) is 4.79 Å². The summed E-state index contributed by atoms with van der Waals surface area (Å²) in [6.07, 6.45) is 0. The highest BCUT2D eigenvalue weighted by Crippen LogP contribution is 2.37. The number of fused-ring (bicyclic) bond motifs is 1. The van der Waals surface area contributed by atoms with Crippen LogP contribution in [0.1, 0.15) is 24.1 Å². The maximum atomic E-state index is 13.4. The van der Waals surface area contributed by atoms with Crippen molar-refractivity contribution in [1.82, 2.24) is 14.8 Å². The average Bonchev–Trinajstić information content (AvgIpc) is 3.22. The van der Waals surface area contributed by atoms with Crippen LogP contribution in [0, 0.1) is 6.92 Å². The third-order valence-corrected chi connectivity index (χ3v) is 5.62. The first-order valence-electron chi connectivity index (χ1n) is 10.7. The lowest BCUT2D eigenvalue weighted by Crippen LogP contribution is -2.31. The fourth-order valence-corrected chi connectivity index (χ4v) is 3.99. The third-order valence-electron chi connectivity index (χ3n) is 5.62. The number of phenolic OH excluding ortho intramolecular Hbond substituents is 1. The van der Waals surface area contributed by atoms with Crippen molar-refractivity contribution in [2.24, 2.45) is 0 Å². The molecule has 1 unspecified atom stereocenters. The molecule has 0 saturated carbocycles. The Balaban J connectivity index is 1.61. The standard InChI is InChI=1S/C26H23N5O2/c1-16-11-13-18(14-12-16)24-29-26-27-17(2)22(25(33)28-20-8-4-3-5-9-20)23(31(26)30-24)19-7-6-10-21(32)15-19/h3-15,23,32H,1-2H3,(H,28,33)(H,27,29,30). The van der Waals surface area contributed by atoms with Crippen LogP contribution in [0.15, 0.2) is 90.1 Å². The van der Waals surface area contributed by atoms with Crippen molar-refractivity contribution in [2.45, 2.75) is 19.9 Å². The molecule has 7 heteroatoms. The Morgan fingerprint density at radius 1 is 1.00 bits per heavy atom. The van der Waals surface area contributed by atoms with Gasteiger partial charge >= 0.3 is 0 Å². The molecule has 0 bridgehead atoms. The Morgan fingerprint density at radius 2 is 1.76 bits per heavy atom. The molecule has 2 heterocycles. The Labute approximate surface area is 191 Å². The van der Waals surface area contributed by atoms with Crippen LogP contribution in [0.25, 0.3) is 11.4 Å². The Kier molecular flexibility index (Phi) is 5.14. The van der Waals surface area contributed by atoms with E-state index in [4.69, 9.17) is 5.10 Å². The number of hydrogen-bond donors (Lipinski definition) is 3. The first kappa shape index (κ1) is 20.5. The summed E-state index contributed by atoms with van der Waals surface area (Å²) in [5.41, 5.74) is 4.63. The highest BCUT2D eigenvalue weighted by atomic mass is 16.3. The molecule has 0 saturated heterocycles. The van der Waals surface area contributed by atoms with Gasteiger partial charge in [0.05, 0.1) is 5.57 Å². The Hall–Kier alpha value is -4.39. The van der Waals surface area contributed by atoms with E-state index in [0.717, 1.165) is 16.7 Å². The summed E-state index contributed by atoms with van der Waals surface area (Å²) in [6, 6.07) is 23.6. The van der Waals surface area contributed by atoms with Crippen LogP contribution in [-0.2, 0) is 4.79 Å². The number of aromatic nitrogens is 3. The maximum Gasteiger partial charge on any atom is 0.255 e. The summed E-state index contributed by atoms with van der Waals surface area (Å²) >= 11 is 0. The predicted octanol–water partition coefficient (Wildman–Crippen LogP) is 4.89. The SMILES string of the molecule is CC1=C(C(=O)Nc2ccccc2)C(c2cccc(O)c2)n2nc(-c3ccc(C)cc3)nc2N1. The number of nitrogens with one attached hydrogen (secondary N) is 2. The number of hydrogen-bond acceptors (Lipinski definition) is 5. The minimum absolute atomic E-state index is 0.118. The number of carbonyl (C=O) groups excluding carboxylic acids is 1. The number of aromatic hydroxyl groups is 1. The number of phenols is 1. The van der Waals surface area contributed by atoms with E-state index in [0.29, 0.717) is 28.7 Å². The lowest BCUT2D eigenvalue weighted by atomic mass is 9.95. The lowest BCUT2D eigenvalue weighted by molar-refractivity contribution is -0.113. The molecule has 0 radical (unpaired) electrons. The van der Waals surface area contributed by atoms with E-state index in [1.807, 2.05) is 74.5 Å². The molecular weight excluding hydrogens is 414 g/mol. The van der Waals surface area contributed by atoms with Gasteiger partial charge in [0.1, 0.15) is 11.8 Å². The Bertz CT molecular complexity index is 1360. The average molecular weight is 438 g/mol. The third kappa shape index (κ3) is 3.96. The first-order chi connectivity index (χ1) is 16.0. The molecule has 3 N–H and O–H groups in total. The first-order valence-corrected chi connectivity index (χ1v) is 10.7. The second-order valence-corrected chi connectivity index (χ2v) is 8.05. The fourth-order valence-electron chi connectivity index (χ4n) is 3.99. The highest BCUT2D eigenvalue weighted by Gasteiger charge is 2.34. The largest absolute Gasteiger partial charge is 0.508 e. The predicted molar refractivity (Wildman–Crippen MR) is 128 cm³/mol. The van der Waals surface area contributed by atoms with E-state index in [1.54, 1.807) is 22.9 Å². The number of benzene rings is 3. The van der Waals surface area contributed by atoms with Crippen molar-refractivity contribution >= 4 is 17.5 Å².